The number of carbonyl (C=O) groups excluding carboxylic acids is 1. The summed E-state index contributed by atoms with van der Waals surface area (Å²) in [5.41, 5.74) is 7.15. The molecule has 22 heavy (non-hydrogen) atoms. The molecule has 5 heteroatoms. The minimum Gasteiger partial charge on any atom is -0.328 e. The Hall–Kier alpha value is -1.36. The van der Waals surface area contributed by atoms with E-state index < -0.39 is 0 Å². The van der Waals surface area contributed by atoms with Crippen molar-refractivity contribution in [1.29, 1.82) is 0 Å². The minimum atomic E-state index is 0.0433. The van der Waals surface area contributed by atoms with Crippen LogP contribution in [0.1, 0.15) is 75.8 Å². The first-order valence-corrected chi connectivity index (χ1v) is 8.84. The second-order valence-electron chi connectivity index (χ2n) is 7.01. The summed E-state index contributed by atoms with van der Waals surface area (Å²) in [4.78, 5) is 12.3. The third kappa shape index (κ3) is 3.88. The monoisotopic (exact) mass is 304 g/mol. The van der Waals surface area contributed by atoms with Crippen LogP contribution in [0.3, 0.4) is 0 Å². The average molecular weight is 304 g/mol. The summed E-state index contributed by atoms with van der Waals surface area (Å²) in [6.45, 7) is 0. The molecule has 2 aliphatic carbocycles. The Labute approximate surface area is 132 Å². The Morgan fingerprint density at radius 3 is 2.64 bits per heavy atom. The Bertz CT molecular complexity index is 491. The molecular formula is C17H28N4O. The van der Waals surface area contributed by atoms with Crippen molar-refractivity contribution in [1.82, 2.24) is 10.2 Å². The predicted molar refractivity (Wildman–Crippen MR) is 87.6 cm³/mol. The molecule has 122 valence electrons. The smallest absolute Gasteiger partial charge is 0.228 e. The van der Waals surface area contributed by atoms with Gasteiger partial charge < -0.3 is 11.1 Å². The number of carbonyl (C=O) groups is 1. The highest BCUT2D eigenvalue weighted by Gasteiger charge is 2.26. The van der Waals surface area contributed by atoms with Gasteiger partial charge in [0.2, 0.25) is 5.91 Å². The molecule has 0 radical (unpaired) electrons. The van der Waals surface area contributed by atoms with Gasteiger partial charge in [0.25, 0.3) is 0 Å². The molecule has 1 aromatic rings. The zero-order chi connectivity index (χ0) is 15.4. The molecule has 2 fully saturated rings. The van der Waals surface area contributed by atoms with Crippen LogP contribution >= 0.6 is 0 Å². The molecule has 0 aliphatic heterocycles. The van der Waals surface area contributed by atoms with E-state index in [1.54, 1.807) is 0 Å². The van der Waals surface area contributed by atoms with E-state index in [-0.39, 0.29) is 17.9 Å². The topological polar surface area (TPSA) is 83.8 Å². The number of nitrogens with zero attached hydrogens (tertiary/aromatic N) is 1. The van der Waals surface area contributed by atoms with E-state index in [1.165, 1.54) is 44.2 Å². The van der Waals surface area contributed by atoms with Crippen molar-refractivity contribution >= 4 is 11.7 Å². The van der Waals surface area contributed by atoms with Gasteiger partial charge in [-0.3, -0.25) is 9.89 Å². The highest BCUT2D eigenvalue weighted by molar-refractivity contribution is 5.91. The van der Waals surface area contributed by atoms with Crippen molar-refractivity contribution in [3.8, 4) is 0 Å². The van der Waals surface area contributed by atoms with Gasteiger partial charge in [-0.15, -0.1) is 0 Å². The number of amides is 1. The fraction of sp³-hybridized carbons (Fsp3) is 0.765. The van der Waals surface area contributed by atoms with Crippen molar-refractivity contribution < 1.29 is 4.79 Å². The van der Waals surface area contributed by atoms with Crippen LogP contribution in [0.2, 0.25) is 0 Å². The van der Waals surface area contributed by atoms with Crippen molar-refractivity contribution in [3.63, 3.8) is 0 Å². The van der Waals surface area contributed by atoms with Crippen LogP contribution < -0.4 is 11.1 Å². The first-order valence-electron chi connectivity index (χ1n) is 8.84. The molecule has 1 amide bonds. The molecule has 0 bridgehead atoms. The van der Waals surface area contributed by atoms with E-state index in [2.05, 4.69) is 15.5 Å². The van der Waals surface area contributed by atoms with Gasteiger partial charge in [-0.05, 0) is 32.1 Å². The second-order valence-corrected chi connectivity index (χ2v) is 7.01. The third-order valence-corrected chi connectivity index (χ3v) is 5.23. The first-order chi connectivity index (χ1) is 10.7. The molecule has 4 N–H and O–H groups in total. The largest absolute Gasteiger partial charge is 0.328 e. The van der Waals surface area contributed by atoms with Gasteiger partial charge >= 0.3 is 0 Å². The highest BCUT2D eigenvalue weighted by Crippen LogP contribution is 2.31. The lowest BCUT2D eigenvalue weighted by atomic mass is 9.85. The number of hydrogen-bond acceptors (Lipinski definition) is 3. The van der Waals surface area contributed by atoms with Gasteiger partial charge in [-0.25, -0.2) is 0 Å². The molecule has 0 saturated heterocycles. The Balaban J connectivity index is 1.57. The number of nitrogens with one attached hydrogen (secondary N) is 2. The molecule has 1 heterocycles. The van der Waals surface area contributed by atoms with E-state index in [9.17, 15) is 4.79 Å². The van der Waals surface area contributed by atoms with Crippen molar-refractivity contribution in [2.75, 3.05) is 5.32 Å². The number of aromatic amines is 1. The molecule has 2 aliphatic rings. The van der Waals surface area contributed by atoms with E-state index >= 15 is 0 Å². The summed E-state index contributed by atoms with van der Waals surface area (Å²) in [6.07, 6.45) is 11.6. The first kappa shape index (κ1) is 15.5. The number of aromatic nitrogens is 2. The van der Waals surface area contributed by atoms with Gasteiger partial charge in [0.15, 0.2) is 5.82 Å². The van der Waals surface area contributed by atoms with E-state index in [0.29, 0.717) is 11.7 Å². The minimum absolute atomic E-state index is 0.0433. The van der Waals surface area contributed by atoms with Crippen molar-refractivity contribution in [2.24, 2.45) is 11.7 Å². The Kier molecular flexibility index (Phi) is 5.13. The number of nitrogens with two attached hydrogens (primary N) is 1. The molecule has 3 rings (SSSR count). The maximum Gasteiger partial charge on any atom is 0.228 e. The zero-order valence-corrected chi connectivity index (χ0v) is 13.3. The van der Waals surface area contributed by atoms with Crippen molar-refractivity contribution in [2.45, 2.75) is 76.2 Å². The second kappa shape index (κ2) is 7.27. The van der Waals surface area contributed by atoms with Crippen LogP contribution in [0.4, 0.5) is 5.82 Å². The molecule has 5 nitrogen and oxygen atoms in total. The van der Waals surface area contributed by atoms with Gasteiger partial charge in [0.1, 0.15) is 0 Å². The van der Waals surface area contributed by atoms with Crippen LogP contribution in [0.5, 0.6) is 0 Å². The summed E-state index contributed by atoms with van der Waals surface area (Å²) in [5, 5.41) is 10.4. The maximum atomic E-state index is 12.3. The van der Waals surface area contributed by atoms with Crippen LogP contribution in [0.25, 0.3) is 0 Å². The molecular weight excluding hydrogens is 276 g/mol. The number of H-pyrrole nitrogens is 1. The lowest BCUT2D eigenvalue weighted by molar-refractivity contribution is -0.120. The summed E-state index contributed by atoms with van der Waals surface area (Å²) in [7, 11) is 0. The number of anilines is 1. The van der Waals surface area contributed by atoms with Crippen LogP contribution in [-0.2, 0) is 4.79 Å². The van der Waals surface area contributed by atoms with Crippen LogP contribution in [-0.4, -0.2) is 22.1 Å². The van der Waals surface area contributed by atoms with Crippen LogP contribution in [0.15, 0.2) is 6.07 Å². The van der Waals surface area contributed by atoms with Gasteiger partial charge in [0.05, 0.1) is 0 Å². The fourth-order valence-corrected chi connectivity index (χ4v) is 3.89. The SMILES string of the molecule is NC1CCCC(C(=O)Nc2cc(C3CCCCCC3)[nH]n2)C1. The lowest BCUT2D eigenvalue weighted by Crippen LogP contribution is -2.34. The van der Waals surface area contributed by atoms with Gasteiger partial charge in [-0.2, -0.15) is 5.10 Å². The predicted octanol–water partition coefficient (Wildman–Crippen LogP) is 3.30. The summed E-state index contributed by atoms with van der Waals surface area (Å²) in [5.74, 6) is 1.36. The molecule has 1 aromatic heterocycles. The average Bonchev–Trinajstić information content (AvgIpc) is 2.81. The molecule has 2 unspecified atom stereocenters. The van der Waals surface area contributed by atoms with E-state index in [4.69, 9.17) is 5.73 Å². The molecule has 2 atom stereocenters. The lowest BCUT2D eigenvalue weighted by Gasteiger charge is -2.25. The van der Waals surface area contributed by atoms with Gasteiger partial charge in [-0.1, -0.05) is 32.1 Å². The number of hydrogen-bond donors (Lipinski definition) is 3. The standard InChI is InChI=1S/C17H28N4O/c18-14-9-5-8-13(10-14)17(22)19-16-11-15(20-21-16)12-6-3-1-2-4-7-12/h11-14H,1-10,18H2,(H2,19,20,21,22). The summed E-state index contributed by atoms with van der Waals surface area (Å²) >= 11 is 0. The fourth-order valence-electron chi connectivity index (χ4n) is 3.89. The summed E-state index contributed by atoms with van der Waals surface area (Å²) in [6, 6.07) is 2.20. The van der Waals surface area contributed by atoms with Crippen molar-refractivity contribution in [3.05, 3.63) is 11.8 Å². The summed E-state index contributed by atoms with van der Waals surface area (Å²) < 4.78 is 0. The number of rotatable bonds is 3. The molecule has 2 saturated carbocycles. The normalized spacial score (nSPS) is 27.3. The molecule has 0 spiro atoms. The third-order valence-electron chi connectivity index (χ3n) is 5.23. The quantitative estimate of drug-likeness (QED) is 0.749. The maximum absolute atomic E-state index is 12.3. The highest BCUT2D eigenvalue weighted by atomic mass is 16.2. The zero-order valence-electron chi connectivity index (χ0n) is 13.3. The molecule has 0 aromatic carbocycles. The Morgan fingerprint density at radius 1 is 1.14 bits per heavy atom. The Morgan fingerprint density at radius 2 is 1.91 bits per heavy atom. The van der Waals surface area contributed by atoms with E-state index in [0.717, 1.165) is 25.7 Å². The van der Waals surface area contributed by atoms with Crippen LogP contribution in [0, 0.1) is 5.92 Å². The van der Waals surface area contributed by atoms with Gasteiger partial charge in [0, 0.05) is 29.6 Å². The van der Waals surface area contributed by atoms with E-state index in [1.807, 2.05) is 6.07 Å².